The van der Waals surface area contributed by atoms with E-state index in [9.17, 15) is 9.59 Å². The van der Waals surface area contributed by atoms with Crippen molar-refractivity contribution in [3.63, 3.8) is 0 Å². The molecule has 29 heavy (non-hydrogen) atoms. The smallest absolute Gasteiger partial charge is 0.229 e. The Morgan fingerprint density at radius 1 is 1.10 bits per heavy atom. The first-order valence-corrected chi connectivity index (χ1v) is 9.67. The fourth-order valence-electron chi connectivity index (χ4n) is 3.60. The summed E-state index contributed by atoms with van der Waals surface area (Å²) in [5.41, 5.74) is 2.42. The van der Waals surface area contributed by atoms with E-state index in [-0.39, 0.29) is 23.7 Å². The first-order chi connectivity index (χ1) is 13.7. The van der Waals surface area contributed by atoms with E-state index in [2.05, 4.69) is 26.1 Å². The molecule has 1 atom stereocenters. The van der Waals surface area contributed by atoms with Crippen molar-refractivity contribution in [1.29, 1.82) is 0 Å². The Bertz CT molecular complexity index is 917. The van der Waals surface area contributed by atoms with Gasteiger partial charge < -0.3 is 19.7 Å². The molecule has 6 heteroatoms. The number of benzene rings is 2. The van der Waals surface area contributed by atoms with Gasteiger partial charge in [-0.25, -0.2) is 0 Å². The van der Waals surface area contributed by atoms with E-state index < -0.39 is 5.92 Å². The highest BCUT2D eigenvalue weighted by molar-refractivity contribution is 6.04. The van der Waals surface area contributed by atoms with Crippen LogP contribution in [0.5, 0.6) is 11.5 Å². The Balaban J connectivity index is 1.79. The molecule has 0 bridgehead atoms. The third-order valence-electron chi connectivity index (χ3n) is 5.17. The average Bonchev–Trinajstić information content (AvgIpc) is 3.09. The van der Waals surface area contributed by atoms with E-state index in [0.29, 0.717) is 23.7 Å². The summed E-state index contributed by atoms with van der Waals surface area (Å²) < 4.78 is 10.5. The summed E-state index contributed by atoms with van der Waals surface area (Å²) in [6, 6.07) is 13.1. The predicted molar refractivity (Wildman–Crippen MR) is 114 cm³/mol. The zero-order chi connectivity index (χ0) is 21.2. The predicted octanol–water partition coefficient (Wildman–Crippen LogP) is 3.99. The molecule has 154 valence electrons. The number of nitrogens with zero attached hydrogens (tertiary/aromatic N) is 1. The molecule has 2 amide bonds. The Morgan fingerprint density at radius 2 is 1.83 bits per heavy atom. The van der Waals surface area contributed by atoms with Gasteiger partial charge in [-0.05, 0) is 29.2 Å². The SMILES string of the molecule is COc1ccc(NC(=O)C2CC(=O)N(c3ccccc3C(C)(C)C)C2)c(OC)c1. The minimum absolute atomic E-state index is 0.0384. The van der Waals surface area contributed by atoms with Crippen molar-refractivity contribution in [3.8, 4) is 11.5 Å². The Labute approximate surface area is 171 Å². The van der Waals surface area contributed by atoms with Gasteiger partial charge in [-0.3, -0.25) is 9.59 Å². The molecule has 2 aromatic rings. The van der Waals surface area contributed by atoms with Crippen LogP contribution in [0.1, 0.15) is 32.8 Å². The summed E-state index contributed by atoms with van der Waals surface area (Å²) in [7, 11) is 3.11. The van der Waals surface area contributed by atoms with E-state index >= 15 is 0 Å². The number of nitrogens with one attached hydrogen (secondary N) is 1. The number of hydrogen-bond donors (Lipinski definition) is 1. The second-order valence-electron chi connectivity index (χ2n) is 8.23. The van der Waals surface area contributed by atoms with E-state index in [0.717, 1.165) is 11.3 Å². The second-order valence-corrected chi connectivity index (χ2v) is 8.23. The molecule has 1 aliphatic rings. The summed E-state index contributed by atoms with van der Waals surface area (Å²) in [4.78, 5) is 27.3. The number of rotatable bonds is 5. The maximum Gasteiger partial charge on any atom is 0.229 e. The first-order valence-electron chi connectivity index (χ1n) is 9.67. The Morgan fingerprint density at radius 3 is 2.48 bits per heavy atom. The molecule has 6 nitrogen and oxygen atoms in total. The number of amides is 2. The average molecular weight is 396 g/mol. The lowest BCUT2D eigenvalue weighted by molar-refractivity contribution is -0.122. The molecule has 0 aromatic heterocycles. The molecule has 2 aromatic carbocycles. The van der Waals surface area contributed by atoms with Crippen molar-refractivity contribution in [2.75, 3.05) is 31.0 Å². The van der Waals surface area contributed by atoms with Gasteiger partial charge in [-0.2, -0.15) is 0 Å². The van der Waals surface area contributed by atoms with Crippen LogP contribution in [0.25, 0.3) is 0 Å². The van der Waals surface area contributed by atoms with Crippen LogP contribution in [0.15, 0.2) is 42.5 Å². The van der Waals surface area contributed by atoms with Crippen molar-refractivity contribution < 1.29 is 19.1 Å². The maximum absolute atomic E-state index is 12.9. The van der Waals surface area contributed by atoms with Crippen LogP contribution in [0, 0.1) is 5.92 Å². The molecule has 0 aliphatic carbocycles. The molecule has 1 N–H and O–H groups in total. The van der Waals surface area contributed by atoms with Gasteiger partial charge in [0.15, 0.2) is 0 Å². The van der Waals surface area contributed by atoms with Gasteiger partial charge in [-0.1, -0.05) is 39.0 Å². The monoisotopic (exact) mass is 396 g/mol. The molecule has 1 fully saturated rings. The number of anilines is 2. The van der Waals surface area contributed by atoms with Crippen molar-refractivity contribution in [2.24, 2.45) is 5.92 Å². The third kappa shape index (κ3) is 4.36. The van der Waals surface area contributed by atoms with Crippen molar-refractivity contribution in [2.45, 2.75) is 32.6 Å². The van der Waals surface area contributed by atoms with Crippen LogP contribution >= 0.6 is 0 Å². The standard InChI is InChI=1S/C23H28N2O4/c1-23(2,3)17-8-6-7-9-19(17)25-14-15(12-21(25)26)22(27)24-18-11-10-16(28-4)13-20(18)29-5/h6-11,13,15H,12,14H2,1-5H3,(H,24,27). The molecular formula is C23H28N2O4. The number of carbonyl (C=O) groups excluding carboxylic acids is 2. The molecule has 0 spiro atoms. The minimum Gasteiger partial charge on any atom is -0.497 e. The van der Waals surface area contributed by atoms with Gasteiger partial charge in [0.05, 0.1) is 25.8 Å². The number of carbonyl (C=O) groups is 2. The highest BCUT2D eigenvalue weighted by Gasteiger charge is 2.37. The van der Waals surface area contributed by atoms with E-state index in [4.69, 9.17) is 9.47 Å². The molecule has 0 saturated carbocycles. The van der Waals surface area contributed by atoms with E-state index in [1.807, 2.05) is 24.3 Å². The maximum atomic E-state index is 12.9. The van der Waals surface area contributed by atoms with Crippen molar-refractivity contribution >= 4 is 23.2 Å². The van der Waals surface area contributed by atoms with Crippen LogP contribution < -0.4 is 19.7 Å². The summed E-state index contributed by atoms with van der Waals surface area (Å²) >= 11 is 0. The van der Waals surface area contributed by atoms with Crippen molar-refractivity contribution in [3.05, 3.63) is 48.0 Å². The molecule has 0 radical (unpaired) electrons. The fraction of sp³-hybridized carbons (Fsp3) is 0.391. The fourth-order valence-corrected chi connectivity index (χ4v) is 3.60. The number of ether oxygens (including phenoxy) is 2. The van der Waals surface area contributed by atoms with Crippen molar-refractivity contribution in [1.82, 2.24) is 0 Å². The third-order valence-corrected chi connectivity index (χ3v) is 5.17. The summed E-state index contributed by atoms with van der Waals surface area (Å²) in [6.07, 6.45) is 0.183. The zero-order valence-electron chi connectivity index (χ0n) is 17.6. The van der Waals surface area contributed by atoms with Gasteiger partial charge in [0.2, 0.25) is 11.8 Å². The molecule has 3 rings (SSSR count). The molecule has 1 saturated heterocycles. The van der Waals surface area contributed by atoms with E-state index in [1.165, 1.54) is 7.11 Å². The zero-order valence-corrected chi connectivity index (χ0v) is 17.6. The lowest BCUT2D eigenvalue weighted by Crippen LogP contribution is -2.30. The van der Waals surface area contributed by atoms with Gasteiger partial charge in [-0.15, -0.1) is 0 Å². The van der Waals surface area contributed by atoms with Gasteiger partial charge in [0, 0.05) is 24.7 Å². The van der Waals surface area contributed by atoms with Gasteiger partial charge >= 0.3 is 0 Å². The van der Waals surface area contributed by atoms with Crippen LogP contribution in [-0.4, -0.2) is 32.6 Å². The Hall–Kier alpha value is -3.02. The summed E-state index contributed by atoms with van der Waals surface area (Å²) in [5, 5.41) is 2.89. The topological polar surface area (TPSA) is 67.9 Å². The lowest BCUT2D eigenvalue weighted by Gasteiger charge is -2.27. The highest BCUT2D eigenvalue weighted by Crippen LogP contribution is 2.36. The van der Waals surface area contributed by atoms with E-state index in [1.54, 1.807) is 30.2 Å². The molecular weight excluding hydrogens is 368 g/mol. The van der Waals surface area contributed by atoms with Crippen LogP contribution in [0.3, 0.4) is 0 Å². The lowest BCUT2D eigenvalue weighted by atomic mass is 9.85. The molecule has 1 unspecified atom stereocenters. The van der Waals surface area contributed by atoms with Crippen LogP contribution in [0.2, 0.25) is 0 Å². The quantitative estimate of drug-likeness (QED) is 0.830. The van der Waals surface area contributed by atoms with Crippen LogP contribution in [0.4, 0.5) is 11.4 Å². The number of hydrogen-bond acceptors (Lipinski definition) is 4. The first kappa shape index (κ1) is 20.7. The Kier molecular flexibility index (Phi) is 5.82. The second kappa shape index (κ2) is 8.15. The minimum atomic E-state index is -0.428. The normalized spacial score (nSPS) is 16.7. The largest absolute Gasteiger partial charge is 0.497 e. The van der Waals surface area contributed by atoms with Crippen LogP contribution in [-0.2, 0) is 15.0 Å². The molecule has 1 aliphatic heterocycles. The number of methoxy groups -OCH3 is 2. The highest BCUT2D eigenvalue weighted by atomic mass is 16.5. The van der Waals surface area contributed by atoms with Gasteiger partial charge in [0.1, 0.15) is 11.5 Å². The summed E-state index contributed by atoms with van der Waals surface area (Å²) in [6.45, 7) is 6.71. The molecule has 1 heterocycles. The number of para-hydroxylation sites is 1. The summed E-state index contributed by atoms with van der Waals surface area (Å²) in [5.74, 6) is 0.487. The van der Waals surface area contributed by atoms with Gasteiger partial charge in [0.25, 0.3) is 0 Å².